The van der Waals surface area contributed by atoms with Crippen LogP contribution < -0.4 is 25.0 Å². The summed E-state index contributed by atoms with van der Waals surface area (Å²) in [6.07, 6.45) is 5.77. The molecule has 0 aliphatic carbocycles. The molecule has 0 spiro atoms. The Bertz CT molecular complexity index is 3120. The summed E-state index contributed by atoms with van der Waals surface area (Å²) in [5.41, 5.74) is 3.84. The van der Waals surface area contributed by atoms with Crippen LogP contribution in [0.15, 0.2) is 97.3 Å². The Morgan fingerprint density at radius 2 is 1.11 bits per heavy atom. The van der Waals surface area contributed by atoms with Crippen molar-refractivity contribution >= 4 is 62.1 Å². The highest BCUT2D eigenvalue weighted by Crippen LogP contribution is 2.39. The molecule has 0 unspecified atom stereocenters. The number of ether oxygens (including phenoxy) is 2. The topological polar surface area (TPSA) is 226 Å². The molecule has 0 atom stereocenters. The monoisotopic (exact) mass is 971 g/mol. The summed E-state index contributed by atoms with van der Waals surface area (Å²) in [6.45, 7) is 8.66. The zero-order valence-corrected chi connectivity index (χ0v) is 41.4. The maximum Gasteiger partial charge on any atom is 0.307 e. The molecular formula is C49H58FN15O6. The van der Waals surface area contributed by atoms with Crippen molar-refractivity contribution in [3.05, 3.63) is 135 Å². The SMILES string of the molecule is CCCCN(C)C.COc1cc(F)c([N+](=O)[O-])cc1Nc1nccc(-n2nc(C)c3ccccc32)n1.COc1cc(N(C)CCN(C)C)c([N+](=O)[O-])cc1Nc1nccc(-n2nc(C)c3ccccc32)n1. The Kier molecular flexibility index (Phi) is 17.4. The largest absolute Gasteiger partial charge is 0.494 e. The molecule has 4 heterocycles. The van der Waals surface area contributed by atoms with E-state index in [0.717, 1.165) is 51.9 Å². The minimum absolute atomic E-state index is 0.0422. The van der Waals surface area contributed by atoms with Gasteiger partial charge in [0.05, 0.1) is 57.9 Å². The number of nitro benzene ring substituents is 2. The van der Waals surface area contributed by atoms with Crippen molar-refractivity contribution in [1.29, 1.82) is 0 Å². The second kappa shape index (κ2) is 23.8. The first kappa shape index (κ1) is 52.0. The number of benzene rings is 4. The van der Waals surface area contributed by atoms with Gasteiger partial charge in [0.15, 0.2) is 11.6 Å². The number of halogens is 1. The number of rotatable bonds is 17. The minimum Gasteiger partial charge on any atom is -0.494 e. The normalized spacial score (nSPS) is 10.9. The average molecular weight is 972 g/mol. The zero-order valence-electron chi connectivity index (χ0n) is 41.4. The summed E-state index contributed by atoms with van der Waals surface area (Å²) in [4.78, 5) is 45.3. The van der Waals surface area contributed by atoms with Gasteiger partial charge in [-0.2, -0.15) is 24.6 Å². The molecule has 4 aromatic heterocycles. The Morgan fingerprint density at radius 3 is 1.55 bits per heavy atom. The van der Waals surface area contributed by atoms with Crippen LogP contribution in [0.4, 0.5) is 44.7 Å². The average Bonchev–Trinajstić information content (AvgIpc) is 3.89. The second-order valence-corrected chi connectivity index (χ2v) is 16.7. The van der Waals surface area contributed by atoms with E-state index in [1.165, 1.54) is 45.9 Å². The van der Waals surface area contributed by atoms with Crippen LogP contribution in [0.25, 0.3) is 33.4 Å². The number of nitro groups is 2. The van der Waals surface area contributed by atoms with Crippen molar-refractivity contribution in [2.45, 2.75) is 33.6 Å². The Balaban J connectivity index is 0.000000208. The zero-order chi connectivity index (χ0) is 51.4. The number of methoxy groups -OCH3 is 2. The van der Waals surface area contributed by atoms with Gasteiger partial charge in [0.25, 0.3) is 5.69 Å². The number of fused-ring (bicyclic) bond motifs is 2. The lowest BCUT2D eigenvalue weighted by atomic mass is 10.2. The predicted octanol–water partition coefficient (Wildman–Crippen LogP) is 9.05. The number of nitrogens with one attached hydrogen (secondary N) is 2. The van der Waals surface area contributed by atoms with Gasteiger partial charge < -0.3 is 34.8 Å². The van der Waals surface area contributed by atoms with Gasteiger partial charge in [-0.1, -0.05) is 49.7 Å². The number of likely N-dealkylation sites (N-methyl/N-ethyl adjacent to an activating group) is 2. The highest BCUT2D eigenvalue weighted by molar-refractivity contribution is 5.84. The molecule has 71 heavy (non-hydrogen) atoms. The van der Waals surface area contributed by atoms with E-state index >= 15 is 0 Å². The van der Waals surface area contributed by atoms with Crippen LogP contribution in [0.1, 0.15) is 31.2 Å². The van der Waals surface area contributed by atoms with Crippen LogP contribution in [-0.2, 0) is 0 Å². The lowest BCUT2D eigenvalue weighted by Crippen LogP contribution is -2.28. The molecule has 8 aromatic rings. The lowest BCUT2D eigenvalue weighted by Gasteiger charge is -2.22. The molecule has 0 saturated carbocycles. The molecule has 2 N–H and O–H groups in total. The molecule has 0 bridgehead atoms. The summed E-state index contributed by atoms with van der Waals surface area (Å²) >= 11 is 0. The second-order valence-electron chi connectivity index (χ2n) is 16.7. The number of hydrogen-bond donors (Lipinski definition) is 2. The highest BCUT2D eigenvalue weighted by atomic mass is 19.1. The van der Waals surface area contributed by atoms with Gasteiger partial charge in [0.2, 0.25) is 17.7 Å². The molecule has 22 heteroatoms. The van der Waals surface area contributed by atoms with Gasteiger partial charge in [-0.15, -0.1) is 0 Å². The van der Waals surface area contributed by atoms with Crippen molar-refractivity contribution in [1.82, 2.24) is 49.3 Å². The van der Waals surface area contributed by atoms with Gasteiger partial charge in [-0.05, 0) is 67.1 Å². The first-order valence-corrected chi connectivity index (χ1v) is 22.5. The maximum absolute atomic E-state index is 13.9. The van der Waals surface area contributed by atoms with Crippen LogP contribution in [-0.4, -0.2) is 128 Å². The predicted molar refractivity (Wildman–Crippen MR) is 274 cm³/mol. The van der Waals surface area contributed by atoms with Crippen LogP contribution in [0.3, 0.4) is 0 Å². The number of hydrogen-bond acceptors (Lipinski definition) is 17. The van der Waals surface area contributed by atoms with Crippen molar-refractivity contribution in [3.63, 3.8) is 0 Å². The van der Waals surface area contributed by atoms with Crippen LogP contribution >= 0.6 is 0 Å². The van der Waals surface area contributed by atoms with Gasteiger partial charge in [-0.25, -0.2) is 19.3 Å². The molecule has 4 aromatic carbocycles. The Hall–Kier alpha value is -8.37. The van der Waals surface area contributed by atoms with E-state index in [-0.39, 0.29) is 29.0 Å². The van der Waals surface area contributed by atoms with Crippen LogP contribution in [0, 0.1) is 39.9 Å². The van der Waals surface area contributed by atoms with Gasteiger partial charge in [0, 0.05) is 79.7 Å². The fraction of sp³-hybridized carbons (Fsp3) is 0.306. The van der Waals surface area contributed by atoms with E-state index in [1.807, 2.05) is 93.3 Å². The van der Waals surface area contributed by atoms with E-state index < -0.39 is 21.4 Å². The molecule has 0 aliphatic rings. The summed E-state index contributed by atoms with van der Waals surface area (Å²) < 4.78 is 27.9. The molecule has 0 fully saturated rings. The molecule has 0 radical (unpaired) electrons. The highest BCUT2D eigenvalue weighted by Gasteiger charge is 2.23. The lowest BCUT2D eigenvalue weighted by molar-refractivity contribution is -0.387. The molecule has 8 rings (SSSR count). The number of nitrogens with zero attached hydrogens (tertiary/aromatic N) is 13. The number of unbranched alkanes of at least 4 members (excludes halogenated alkanes) is 1. The molecule has 21 nitrogen and oxygen atoms in total. The molecule has 0 amide bonds. The van der Waals surface area contributed by atoms with Gasteiger partial charge >= 0.3 is 5.69 Å². The number of aryl methyl sites for hydroxylation is 2. The Morgan fingerprint density at radius 1 is 0.648 bits per heavy atom. The number of aromatic nitrogens is 8. The molecule has 372 valence electrons. The molecular weight excluding hydrogens is 914 g/mol. The maximum atomic E-state index is 13.9. The van der Waals surface area contributed by atoms with E-state index in [4.69, 9.17) is 9.47 Å². The summed E-state index contributed by atoms with van der Waals surface area (Å²) in [7, 11) is 12.8. The first-order valence-electron chi connectivity index (χ1n) is 22.5. The van der Waals surface area contributed by atoms with Crippen molar-refractivity contribution < 1.29 is 23.7 Å². The van der Waals surface area contributed by atoms with Gasteiger partial charge in [0.1, 0.15) is 17.2 Å². The van der Waals surface area contributed by atoms with Crippen LogP contribution in [0.5, 0.6) is 11.5 Å². The van der Waals surface area contributed by atoms with Crippen molar-refractivity contribution in [2.75, 3.05) is 84.6 Å². The quantitative estimate of drug-likeness (QED) is 0.0641. The van der Waals surface area contributed by atoms with Crippen molar-refractivity contribution in [2.24, 2.45) is 0 Å². The molecule has 0 aliphatic heterocycles. The Labute approximate surface area is 410 Å². The van der Waals surface area contributed by atoms with E-state index in [1.54, 1.807) is 33.8 Å². The van der Waals surface area contributed by atoms with E-state index in [2.05, 4.69) is 66.7 Å². The third-order valence-corrected chi connectivity index (χ3v) is 11.0. The third-order valence-electron chi connectivity index (χ3n) is 11.0. The summed E-state index contributed by atoms with van der Waals surface area (Å²) in [6, 6.07) is 24.2. The fourth-order valence-electron chi connectivity index (χ4n) is 7.26. The first-order chi connectivity index (χ1) is 34.0. The summed E-state index contributed by atoms with van der Waals surface area (Å²) in [5.74, 6) is 1.02. The van der Waals surface area contributed by atoms with E-state index in [9.17, 15) is 24.6 Å². The van der Waals surface area contributed by atoms with Crippen LogP contribution in [0.2, 0.25) is 0 Å². The third kappa shape index (κ3) is 12.8. The van der Waals surface area contributed by atoms with Crippen molar-refractivity contribution in [3.8, 4) is 23.1 Å². The minimum atomic E-state index is -0.995. The molecule has 0 saturated heterocycles. The van der Waals surface area contributed by atoms with E-state index in [0.29, 0.717) is 35.3 Å². The fourth-order valence-corrected chi connectivity index (χ4v) is 7.26. The number of para-hydroxylation sites is 2. The van der Waals surface area contributed by atoms with Gasteiger partial charge in [-0.3, -0.25) is 20.2 Å². The standard InChI is InChI=1S/C24H28N8O3.C19H15FN6O3.C6H15N/c1-16-17-8-6-7-9-19(17)31(28-16)23-10-11-25-24(27-23)26-18-14-21(32(33)34)20(15-22(18)35-5)30(4)13-12-29(2)3;1-11-12-5-3-4-6-15(12)25(24-11)18-7-8-21-19(23-18)22-14-10-16(26(27)28)13(20)9-17(14)29-2;1-4-5-6-7(2)3/h6-11,14-15H,12-13H2,1-5H3,(H,25,26,27);3-10H,1-2H3,(H,21,22,23);4-6H2,1-3H3. The number of anilines is 5. The smallest absolute Gasteiger partial charge is 0.307 e. The summed E-state index contributed by atoms with van der Waals surface area (Å²) in [5, 5.41) is 40.0.